The van der Waals surface area contributed by atoms with E-state index >= 15 is 0 Å². The van der Waals surface area contributed by atoms with Gasteiger partial charge in [0, 0.05) is 116 Å². The standard InChI is InChI=1S/C50H61N11O5/c1-31-29-58(35-13-17-57(18-14-35)36-11-15-52-43(25-36)50(4,5)65)19-20-59(31)40-9-8-34(23-32(40)7-10-44(51)63)55-45-47(66-6)54-28-39(56-45)37-12-16-53-46(38(37)30-62)61-22-21-60-41(48(61)64)24-33-26-49(2,3)27-42(33)60/h7-12,15-16,23-25,28,31,35,62,65H,13-14,17-22,26-27,29-30H2,1-6H3,(H2,51,63)(H,55,56)/t31-/m0/s1. The first-order valence-corrected chi connectivity index (χ1v) is 23.0. The van der Waals surface area contributed by atoms with Crippen molar-refractivity contribution < 1.29 is 24.5 Å². The SMILES string of the molecule is COc1ncc(-c2ccnc(N3CCn4c(cc5c4CC(C)(C)C5)C3=O)c2CO)nc1Nc1ccc(N2CCN(C3CCN(c4ccnc(C(C)(C)O)c4)CC3)C[C@@H]2C)c(C=CC(N)=O)c1. The molecule has 0 bridgehead atoms. The van der Waals surface area contributed by atoms with E-state index in [1.807, 2.05) is 30.3 Å². The van der Waals surface area contributed by atoms with Gasteiger partial charge in [-0.2, -0.15) is 0 Å². The first-order chi connectivity index (χ1) is 31.6. The third-order valence-corrected chi connectivity index (χ3v) is 13.7. The van der Waals surface area contributed by atoms with E-state index in [9.17, 15) is 19.8 Å². The summed E-state index contributed by atoms with van der Waals surface area (Å²) in [5.74, 6) is 0.309. The first-order valence-electron chi connectivity index (χ1n) is 23.0. The van der Waals surface area contributed by atoms with E-state index in [2.05, 4.69) is 66.4 Å². The number of carbonyl (C=O) groups excluding carboxylic acids is 2. The van der Waals surface area contributed by atoms with Crippen LogP contribution in [0.1, 0.15) is 86.0 Å². The van der Waals surface area contributed by atoms with E-state index in [-0.39, 0.29) is 29.9 Å². The molecule has 5 aromatic rings. The molecule has 1 aliphatic carbocycles. The molecule has 16 nitrogen and oxygen atoms in total. The average molecular weight is 896 g/mol. The number of hydrogen-bond donors (Lipinski definition) is 4. The van der Waals surface area contributed by atoms with Crippen molar-refractivity contribution >= 4 is 46.6 Å². The predicted octanol–water partition coefficient (Wildman–Crippen LogP) is 5.67. The Kier molecular flexibility index (Phi) is 12.1. The lowest BCUT2D eigenvalue weighted by atomic mass is 9.90. The molecule has 16 heteroatoms. The van der Waals surface area contributed by atoms with E-state index in [0.29, 0.717) is 64.7 Å². The molecule has 3 aliphatic heterocycles. The number of amides is 2. The topological polar surface area (TPSA) is 191 Å². The van der Waals surface area contributed by atoms with E-state index < -0.39 is 11.5 Å². The molecule has 1 aromatic carbocycles. The summed E-state index contributed by atoms with van der Waals surface area (Å²) in [6, 6.07) is 14.5. The van der Waals surface area contributed by atoms with Gasteiger partial charge >= 0.3 is 0 Å². The Labute approximate surface area is 386 Å². The number of piperidine rings is 1. The molecule has 0 saturated carbocycles. The van der Waals surface area contributed by atoms with Crippen molar-refractivity contribution in [3.05, 3.63) is 101 Å². The molecule has 4 aliphatic rings. The number of piperazine rings is 1. The third-order valence-electron chi connectivity index (χ3n) is 13.7. The molecule has 5 N–H and O–H groups in total. The van der Waals surface area contributed by atoms with Crippen LogP contribution in [0.25, 0.3) is 17.3 Å². The summed E-state index contributed by atoms with van der Waals surface area (Å²) in [5.41, 5.74) is 13.7. The van der Waals surface area contributed by atoms with Gasteiger partial charge in [0.2, 0.25) is 5.91 Å². The molecule has 66 heavy (non-hydrogen) atoms. The number of aliphatic hydroxyl groups is 2. The highest BCUT2D eigenvalue weighted by Gasteiger charge is 2.38. The van der Waals surface area contributed by atoms with Crippen molar-refractivity contribution in [3.63, 3.8) is 0 Å². The van der Waals surface area contributed by atoms with Crippen molar-refractivity contribution in [2.75, 3.05) is 66.4 Å². The number of methoxy groups -OCH3 is 1. The second-order valence-electron chi connectivity index (χ2n) is 19.4. The molecule has 0 spiro atoms. The quantitative estimate of drug-likeness (QED) is 0.112. The highest BCUT2D eigenvalue weighted by molar-refractivity contribution is 6.06. The molecule has 7 heterocycles. The number of rotatable bonds is 12. The summed E-state index contributed by atoms with van der Waals surface area (Å²) in [6.45, 7) is 15.5. The van der Waals surface area contributed by atoms with Crippen LogP contribution in [0, 0.1) is 5.41 Å². The fraction of sp³-hybridized carbons (Fsp3) is 0.440. The summed E-state index contributed by atoms with van der Waals surface area (Å²) in [6.07, 6.45) is 12.1. The summed E-state index contributed by atoms with van der Waals surface area (Å²) in [7, 11) is 1.52. The predicted molar refractivity (Wildman–Crippen MR) is 256 cm³/mol. The minimum atomic E-state index is -0.991. The summed E-state index contributed by atoms with van der Waals surface area (Å²) in [4.78, 5) is 53.7. The van der Waals surface area contributed by atoms with E-state index in [4.69, 9.17) is 15.5 Å². The maximum absolute atomic E-state index is 14.0. The summed E-state index contributed by atoms with van der Waals surface area (Å²) >= 11 is 0. The van der Waals surface area contributed by atoms with Crippen molar-refractivity contribution in [1.29, 1.82) is 0 Å². The van der Waals surface area contributed by atoms with Crippen molar-refractivity contribution in [2.45, 2.75) is 91.1 Å². The van der Waals surface area contributed by atoms with Gasteiger partial charge < -0.3 is 40.4 Å². The molecular formula is C50H61N11O5. The molecule has 9 rings (SSSR count). The minimum Gasteiger partial charge on any atom is -0.478 e. The Morgan fingerprint density at radius 1 is 1.00 bits per heavy atom. The van der Waals surface area contributed by atoms with Crippen LogP contribution < -0.4 is 30.5 Å². The number of ether oxygens (including phenoxy) is 1. The lowest BCUT2D eigenvalue weighted by Gasteiger charge is -2.47. The highest BCUT2D eigenvalue weighted by Crippen LogP contribution is 2.41. The number of hydrogen-bond acceptors (Lipinski definition) is 13. The van der Waals surface area contributed by atoms with Gasteiger partial charge in [0.25, 0.3) is 11.8 Å². The molecule has 2 saturated heterocycles. The van der Waals surface area contributed by atoms with Gasteiger partial charge in [-0.05, 0) is 106 Å². The molecular weight excluding hydrogens is 835 g/mol. The Bertz CT molecular complexity index is 2680. The number of nitrogens with zero attached hydrogens (tertiary/aromatic N) is 9. The largest absolute Gasteiger partial charge is 0.478 e. The Morgan fingerprint density at radius 2 is 1.79 bits per heavy atom. The van der Waals surface area contributed by atoms with Gasteiger partial charge in [0.15, 0.2) is 5.82 Å². The van der Waals surface area contributed by atoms with Gasteiger partial charge in [0.05, 0.1) is 31.3 Å². The van der Waals surface area contributed by atoms with Crippen LogP contribution >= 0.6 is 0 Å². The lowest BCUT2D eigenvalue weighted by Crippen LogP contribution is -2.57. The number of aliphatic hydroxyl groups excluding tert-OH is 1. The molecule has 0 radical (unpaired) electrons. The van der Waals surface area contributed by atoms with Gasteiger partial charge in [-0.25, -0.2) is 15.0 Å². The van der Waals surface area contributed by atoms with E-state index in [1.165, 1.54) is 24.4 Å². The van der Waals surface area contributed by atoms with Crippen LogP contribution in [0.4, 0.5) is 28.7 Å². The number of fused-ring (bicyclic) bond motifs is 3. The Hall–Kier alpha value is -6.36. The number of pyridine rings is 2. The number of carbonyl (C=O) groups is 2. The van der Waals surface area contributed by atoms with Crippen LogP contribution in [0.15, 0.2) is 67.1 Å². The number of nitrogens with one attached hydrogen (secondary N) is 1. The van der Waals surface area contributed by atoms with Crippen LogP contribution in [0.3, 0.4) is 0 Å². The van der Waals surface area contributed by atoms with Gasteiger partial charge in [-0.1, -0.05) is 13.8 Å². The van der Waals surface area contributed by atoms with Crippen LogP contribution in [0.2, 0.25) is 0 Å². The average Bonchev–Trinajstić information content (AvgIpc) is 3.80. The minimum absolute atomic E-state index is 0.140. The van der Waals surface area contributed by atoms with Gasteiger partial charge in [-0.3, -0.25) is 24.4 Å². The third kappa shape index (κ3) is 8.84. The number of nitrogens with two attached hydrogens (primary N) is 1. The normalized spacial score (nSPS) is 19.1. The van der Waals surface area contributed by atoms with Crippen molar-refractivity contribution in [3.8, 4) is 17.1 Å². The molecule has 2 fully saturated rings. The van der Waals surface area contributed by atoms with Crippen molar-refractivity contribution in [2.24, 2.45) is 11.1 Å². The highest BCUT2D eigenvalue weighted by atomic mass is 16.5. The fourth-order valence-corrected chi connectivity index (χ4v) is 10.4. The van der Waals surface area contributed by atoms with Crippen LogP contribution in [-0.4, -0.2) is 110 Å². The number of aromatic nitrogens is 5. The zero-order chi connectivity index (χ0) is 46.5. The molecule has 0 unspecified atom stereocenters. The van der Waals surface area contributed by atoms with Crippen LogP contribution in [-0.2, 0) is 36.4 Å². The Morgan fingerprint density at radius 3 is 2.52 bits per heavy atom. The van der Waals surface area contributed by atoms with Gasteiger partial charge in [0.1, 0.15) is 17.1 Å². The zero-order valence-corrected chi connectivity index (χ0v) is 38.8. The van der Waals surface area contributed by atoms with Gasteiger partial charge in [-0.15, -0.1) is 0 Å². The fourth-order valence-electron chi connectivity index (χ4n) is 10.4. The summed E-state index contributed by atoms with van der Waals surface area (Å²) < 4.78 is 7.82. The first kappa shape index (κ1) is 44.8. The zero-order valence-electron chi connectivity index (χ0n) is 38.8. The van der Waals surface area contributed by atoms with E-state index in [1.54, 1.807) is 49.5 Å². The van der Waals surface area contributed by atoms with Crippen molar-refractivity contribution in [1.82, 2.24) is 29.4 Å². The lowest BCUT2D eigenvalue weighted by molar-refractivity contribution is -0.113. The molecule has 4 aromatic heterocycles. The smallest absolute Gasteiger partial charge is 0.276 e. The number of benzene rings is 1. The maximum atomic E-state index is 14.0. The summed E-state index contributed by atoms with van der Waals surface area (Å²) in [5, 5.41) is 24.7. The number of primary amides is 1. The second kappa shape index (κ2) is 17.8. The number of anilines is 5. The maximum Gasteiger partial charge on any atom is 0.276 e. The second-order valence-corrected chi connectivity index (χ2v) is 19.4. The van der Waals surface area contributed by atoms with E-state index in [0.717, 1.165) is 75.3 Å². The Balaban J connectivity index is 0.917. The monoisotopic (exact) mass is 895 g/mol. The molecule has 2 amide bonds. The van der Waals surface area contributed by atoms with Crippen LogP contribution in [0.5, 0.6) is 5.88 Å². The molecule has 346 valence electrons. The molecule has 1 atom stereocenters.